The van der Waals surface area contributed by atoms with Crippen LogP contribution in [0.15, 0.2) is 42.5 Å². The van der Waals surface area contributed by atoms with Gasteiger partial charge in [-0.15, -0.1) is 15.3 Å². The molecule has 3 aromatic rings. The van der Waals surface area contributed by atoms with Gasteiger partial charge in [-0.2, -0.15) is 4.52 Å². The predicted molar refractivity (Wildman–Crippen MR) is 92.7 cm³/mol. The number of rotatable bonds is 5. The molecule has 0 aliphatic heterocycles. The number of hydrogen-bond donors (Lipinski definition) is 2. The van der Waals surface area contributed by atoms with Gasteiger partial charge in [-0.1, -0.05) is 36.8 Å². The molecule has 2 N–H and O–H groups in total. The highest BCUT2D eigenvalue weighted by Gasteiger charge is 2.27. The summed E-state index contributed by atoms with van der Waals surface area (Å²) >= 11 is 0. The van der Waals surface area contributed by atoms with Gasteiger partial charge in [0.05, 0.1) is 0 Å². The number of nitrogens with one attached hydrogen (secondary N) is 1. The zero-order valence-electron chi connectivity index (χ0n) is 13.5. The van der Waals surface area contributed by atoms with Crippen LogP contribution in [-0.2, 0) is 0 Å². The lowest BCUT2D eigenvalue weighted by Crippen LogP contribution is -2.25. The van der Waals surface area contributed by atoms with E-state index in [0.29, 0.717) is 12.0 Å². The Bertz CT molecular complexity index is 817. The van der Waals surface area contributed by atoms with Gasteiger partial charge in [0.25, 0.3) is 0 Å². The molecule has 2 aromatic heterocycles. The first-order valence-electron chi connectivity index (χ1n) is 8.50. The summed E-state index contributed by atoms with van der Waals surface area (Å²) in [5.41, 5.74) is 1.73. The maximum atomic E-state index is 9.22. The quantitative estimate of drug-likeness (QED) is 0.755. The molecule has 0 amide bonds. The molecule has 0 radical (unpaired) electrons. The normalized spacial score (nSPS) is 20.5. The Morgan fingerprint density at radius 3 is 2.79 bits per heavy atom. The number of benzene rings is 1. The van der Waals surface area contributed by atoms with Crippen LogP contribution in [0, 0.1) is 5.92 Å². The molecule has 0 bridgehead atoms. The molecule has 1 fully saturated rings. The van der Waals surface area contributed by atoms with Crippen LogP contribution in [0.1, 0.15) is 25.7 Å². The SMILES string of the molecule is OCCC1CCCC1Nc1ccc2nnc(-c3ccccc3)n2n1. The Labute approximate surface area is 140 Å². The third-order valence-corrected chi connectivity index (χ3v) is 4.79. The molecule has 1 aliphatic carbocycles. The summed E-state index contributed by atoms with van der Waals surface area (Å²) in [6.07, 6.45) is 4.34. The first kappa shape index (κ1) is 15.1. The van der Waals surface area contributed by atoms with Crippen LogP contribution in [0.2, 0.25) is 0 Å². The lowest BCUT2D eigenvalue weighted by Gasteiger charge is -2.20. The average molecular weight is 323 g/mol. The van der Waals surface area contributed by atoms with Crippen LogP contribution in [0.5, 0.6) is 0 Å². The Balaban J connectivity index is 1.63. The van der Waals surface area contributed by atoms with Crippen molar-refractivity contribution in [1.82, 2.24) is 19.8 Å². The molecule has 124 valence electrons. The van der Waals surface area contributed by atoms with Crippen molar-refractivity contribution in [2.24, 2.45) is 5.92 Å². The lowest BCUT2D eigenvalue weighted by atomic mass is 10.0. The number of nitrogens with zero attached hydrogens (tertiary/aromatic N) is 4. The molecule has 1 aliphatic rings. The molecular formula is C18H21N5O. The summed E-state index contributed by atoms with van der Waals surface area (Å²) in [6, 6.07) is 14.2. The van der Waals surface area contributed by atoms with E-state index in [9.17, 15) is 5.11 Å². The van der Waals surface area contributed by atoms with E-state index in [2.05, 4.69) is 20.6 Å². The zero-order chi connectivity index (χ0) is 16.4. The topological polar surface area (TPSA) is 75.3 Å². The third-order valence-electron chi connectivity index (χ3n) is 4.79. The van der Waals surface area contributed by atoms with Crippen LogP contribution in [-0.4, -0.2) is 37.6 Å². The van der Waals surface area contributed by atoms with Crippen molar-refractivity contribution in [1.29, 1.82) is 0 Å². The second-order valence-electron chi connectivity index (χ2n) is 6.33. The summed E-state index contributed by atoms with van der Waals surface area (Å²) in [5, 5.41) is 25.9. The molecule has 0 saturated heterocycles. The van der Waals surface area contributed by atoms with Crippen molar-refractivity contribution in [3.05, 3.63) is 42.5 Å². The van der Waals surface area contributed by atoms with Crippen molar-refractivity contribution in [3.63, 3.8) is 0 Å². The van der Waals surface area contributed by atoms with Crippen LogP contribution in [0.3, 0.4) is 0 Å². The monoisotopic (exact) mass is 323 g/mol. The average Bonchev–Trinajstić information content (AvgIpc) is 3.23. The van der Waals surface area contributed by atoms with Crippen molar-refractivity contribution in [3.8, 4) is 11.4 Å². The van der Waals surface area contributed by atoms with Gasteiger partial charge in [0.15, 0.2) is 11.5 Å². The van der Waals surface area contributed by atoms with Gasteiger partial charge >= 0.3 is 0 Å². The van der Waals surface area contributed by atoms with Crippen molar-refractivity contribution in [2.45, 2.75) is 31.7 Å². The molecular weight excluding hydrogens is 302 g/mol. The van der Waals surface area contributed by atoms with E-state index in [1.807, 2.05) is 42.5 Å². The number of aromatic nitrogens is 4. The van der Waals surface area contributed by atoms with E-state index in [1.165, 1.54) is 12.8 Å². The third kappa shape index (κ3) is 2.85. The standard InChI is InChI=1S/C18H21N5O/c24-12-11-13-7-4-8-15(13)19-16-9-10-17-20-21-18(23(17)22-16)14-5-2-1-3-6-14/h1-3,5-6,9-10,13,15,24H,4,7-8,11-12H2,(H,19,22). The Morgan fingerprint density at radius 2 is 1.96 bits per heavy atom. The summed E-state index contributed by atoms with van der Waals surface area (Å²) in [4.78, 5) is 0. The minimum atomic E-state index is 0.249. The van der Waals surface area contributed by atoms with Gasteiger partial charge in [-0.25, -0.2) is 0 Å². The fourth-order valence-corrected chi connectivity index (χ4v) is 3.56. The minimum absolute atomic E-state index is 0.249. The van der Waals surface area contributed by atoms with Crippen molar-refractivity contribution < 1.29 is 5.11 Å². The van der Waals surface area contributed by atoms with Crippen LogP contribution in [0.25, 0.3) is 17.0 Å². The molecule has 6 heteroatoms. The Kier molecular flexibility index (Phi) is 4.13. The van der Waals surface area contributed by atoms with E-state index in [0.717, 1.165) is 35.7 Å². The molecule has 2 atom stereocenters. The molecule has 1 saturated carbocycles. The van der Waals surface area contributed by atoms with E-state index >= 15 is 0 Å². The smallest absolute Gasteiger partial charge is 0.185 e. The van der Waals surface area contributed by atoms with E-state index < -0.39 is 0 Å². The van der Waals surface area contributed by atoms with Crippen LogP contribution < -0.4 is 5.32 Å². The number of aliphatic hydroxyl groups is 1. The fourth-order valence-electron chi connectivity index (χ4n) is 3.56. The molecule has 6 nitrogen and oxygen atoms in total. The number of fused-ring (bicyclic) bond motifs is 1. The largest absolute Gasteiger partial charge is 0.396 e. The lowest BCUT2D eigenvalue weighted by molar-refractivity contribution is 0.254. The van der Waals surface area contributed by atoms with Crippen LogP contribution in [0.4, 0.5) is 5.82 Å². The van der Waals surface area contributed by atoms with Gasteiger partial charge in [0.1, 0.15) is 5.82 Å². The maximum Gasteiger partial charge on any atom is 0.185 e. The maximum absolute atomic E-state index is 9.22. The first-order chi connectivity index (χ1) is 11.8. The summed E-state index contributed by atoms with van der Waals surface area (Å²) in [6.45, 7) is 0.249. The Hall–Kier alpha value is -2.47. The minimum Gasteiger partial charge on any atom is -0.396 e. The highest BCUT2D eigenvalue weighted by atomic mass is 16.3. The summed E-state index contributed by atoms with van der Waals surface area (Å²) < 4.78 is 1.79. The Morgan fingerprint density at radius 1 is 1.08 bits per heavy atom. The fraction of sp³-hybridized carbons (Fsp3) is 0.389. The molecule has 2 unspecified atom stereocenters. The van der Waals surface area contributed by atoms with E-state index in [1.54, 1.807) is 4.52 Å². The van der Waals surface area contributed by atoms with Gasteiger partial charge in [-0.05, 0) is 37.3 Å². The zero-order valence-corrected chi connectivity index (χ0v) is 13.5. The molecule has 0 spiro atoms. The highest BCUT2D eigenvalue weighted by molar-refractivity contribution is 5.59. The number of anilines is 1. The molecule has 24 heavy (non-hydrogen) atoms. The second-order valence-corrected chi connectivity index (χ2v) is 6.33. The molecule has 2 heterocycles. The molecule has 4 rings (SSSR count). The second kappa shape index (κ2) is 6.57. The van der Waals surface area contributed by atoms with Crippen molar-refractivity contribution >= 4 is 11.5 Å². The predicted octanol–water partition coefficient (Wildman–Crippen LogP) is 2.75. The number of aliphatic hydroxyl groups excluding tert-OH is 1. The number of hydrogen-bond acceptors (Lipinski definition) is 5. The summed E-state index contributed by atoms with van der Waals surface area (Å²) in [5.74, 6) is 2.09. The summed E-state index contributed by atoms with van der Waals surface area (Å²) in [7, 11) is 0. The van der Waals surface area contributed by atoms with Gasteiger partial charge in [-0.3, -0.25) is 0 Å². The van der Waals surface area contributed by atoms with E-state index in [4.69, 9.17) is 0 Å². The first-order valence-corrected chi connectivity index (χ1v) is 8.50. The van der Waals surface area contributed by atoms with Crippen molar-refractivity contribution in [2.75, 3.05) is 11.9 Å². The van der Waals surface area contributed by atoms with Gasteiger partial charge in [0.2, 0.25) is 0 Å². The molecule has 1 aromatic carbocycles. The van der Waals surface area contributed by atoms with Crippen LogP contribution >= 0.6 is 0 Å². The van der Waals surface area contributed by atoms with E-state index in [-0.39, 0.29) is 6.61 Å². The van der Waals surface area contributed by atoms with Gasteiger partial charge in [0, 0.05) is 18.2 Å². The van der Waals surface area contributed by atoms with Gasteiger partial charge < -0.3 is 10.4 Å². The highest BCUT2D eigenvalue weighted by Crippen LogP contribution is 2.30.